The third kappa shape index (κ3) is 3.02. The molecule has 3 N–H and O–H groups in total. The van der Waals surface area contributed by atoms with Gasteiger partial charge >= 0.3 is 0 Å². The lowest BCUT2D eigenvalue weighted by Crippen LogP contribution is -2.48. The average Bonchev–Trinajstić information content (AvgIpc) is 2.72. The molecule has 3 nitrogen and oxygen atoms in total. The van der Waals surface area contributed by atoms with Gasteiger partial charge in [-0.2, -0.15) is 0 Å². The Morgan fingerprint density at radius 3 is 2.72 bits per heavy atom. The number of thiophene rings is 1. The first kappa shape index (κ1) is 15.0. The number of rotatable bonds is 3. The number of nitrogens with two attached hydrogens (primary N) is 1. The smallest absolute Gasteiger partial charge is 0.253 e. The van der Waals surface area contributed by atoms with E-state index < -0.39 is 0 Å². The molecule has 98 valence electrons. The highest BCUT2D eigenvalue weighted by molar-refractivity contribution is 7.17. The van der Waals surface area contributed by atoms with Gasteiger partial charge in [-0.25, -0.2) is 0 Å². The van der Waals surface area contributed by atoms with Gasteiger partial charge in [0.25, 0.3) is 5.91 Å². The van der Waals surface area contributed by atoms with E-state index in [0.29, 0.717) is 6.54 Å². The van der Waals surface area contributed by atoms with Gasteiger partial charge in [0.1, 0.15) is 0 Å². The zero-order chi connectivity index (χ0) is 12.5. The lowest BCUT2D eigenvalue weighted by atomic mass is 10.1. The van der Waals surface area contributed by atoms with Crippen molar-refractivity contribution < 1.29 is 4.79 Å². The van der Waals surface area contributed by atoms with E-state index in [4.69, 9.17) is 5.73 Å². The summed E-state index contributed by atoms with van der Waals surface area (Å²) in [5, 5.41) is 5.84. The normalized spacial score (nSPS) is 11.1. The summed E-state index contributed by atoms with van der Waals surface area (Å²) >= 11 is 1.58. The van der Waals surface area contributed by atoms with Crippen molar-refractivity contribution in [2.24, 2.45) is 5.73 Å². The first-order valence-electron chi connectivity index (χ1n) is 5.52. The summed E-state index contributed by atoms with van der Waals surface area (Å²) in [6.45, 7) is 4.25. The van der Waals surface area contributed by atoms with E-state index in [9.17, 15) is 4.79 Å². The third-order valence-electron chi connectivity index (χ3n) is 2.69. The zero-order valence-corrected chi connectivity index (χ0v) is 12.0. The number of benzene rings is 1. The minimum atomic E-state index is -0.375. The predicted octanol–water partition coefficient (Wildman–Crippen LogP) is 2.79. The molecule has 1 aromatic heterocycles. The summed E-state index contributed by atoms with van der Waals surface area (Å²) in [5.74, 6) is -0.0575. The summed E-state index contributed by atoms with van der Waals surface area (Å²) in [7, 11) is 0. The van der Waals surface area contributed by atoms with Gasteiger partial charge in [0.2, 0.25) is 0 Å². The van der Waals surface area contributed by atoms with Crippen LogP contribution in [0.2, 0.25) is 0 Å². The van der Waals surface area contributed by atoms with Crippen LogP contribution in [0.3, 0.4) is 0 Å². The zero-order valence-electron chi connectivity index (χ0n) is 10.4. The number of amides is 1. The molecule has 0 saturated heterocycles. The van der Waals surface area contributed by atoms with Crippen molar-refractivity contribution >= 4 is 39.7 Å². The van der Waals surface area contributed by atoms with Crippen LogP contribution in [0.4, 0.5) is 0 Å². The maximum atomic E-state index is 12.1. The number of halogens is 1. The summed E-state index contributed by atoms with van der Waals surface area (Å²) in [6.07, 6.45) is 0. The largest absolute Gasteiger partial charge is 0.346 e. The number of hydrogen-bond donors (Lipinski definition) is 2. The molecule has 0 saturated carbocycles. The SMILES string of the molecule is CC(C)(CN)NC(=O)c1csc2ccccc12.Cl. The van der Waals surface area contributed by atoms with Crippen molar-refractivity contribution in [3.05, 3.63) is 35.2 Å². The Morgan fingerprint density at radius 2 is 2.06 bits per heavy atom. The molecule has 0 aliphatic carbocycles. The molecule has 5 heteroatoms. The highest BCUT2D eigenvalue weighted by atomic mass is 35.5. The van der Waals surface area contributed by atoms with Crippen molar-refractivity contribution in [3.63, 3.8) is 0 Å². The van der Waals surface area contributed by atoms with E-state index in [1.807, 2.05) is 43.5 Å². The fraction of sp³-hybridized carbons (Fsp3) is 0.308. The van der Waals surface area contributed by atoms with Crippen LogP contribution in [-0.2, 0) is 0 Å². The van der Waals surface area contributed by atoms with E-state index in [0.717, 1.165) is 15.6 Å². The topological polar surface area (TPSA) is 55.1 Å². The fourth-order valence-electron chi connectivity index (χ4n) is 1.58. The van der Waals surface area contributed by atoms with E-state index in [1.54, 1.807) is 11.3 Å². The summed E-state index contributed by atoms with van der Waals surface area (Å²) in [4.78, 5) is 12.1. The van der Waals surface area contributed by atoms with Crippen molar-refractivity contribution in [2.75, 3.05) is 6.54 Å². The van der Waals surface area contributed by atoms with Crippen LogP contribution in [0, 0.1) is 0 Å². The molecule has 0 fully saturated rings. The third-order valence-corrected chi connectivity index (χ3v) is 3.65. The average molecular weight is 285 g/mol. The summed E-state index contributed by atoms with van der Waals surface area (Å²) in [6, 6.07) is 7.91. The van der Waals surface area contributed by atoms with Crippen LogP contribution >= 0.6 is 23.7 Å². The van der Waals surface area contributed by atoms with E-state index in [1.165, 1.54) is 0 Å². The summed E-state index contributed by atoms with van der Waals surface area (Å²) < 4.78 is 1.13. The molecule has 0 atom stereocenters. The molecule has 0 aliphatic heterocycles. The van der Waals surface area contributed by atoms with Crippen molar-refractivity contribution in [3.8, 4) is 0 Å². The van der Waals surface area contributed by atoms with E-state index in [2.05, 4.69) is 5.32 Å². The van der Waals surface area contributed by atoms with Gasteiger partial charge in [-0.3, -0.25) is 4.79 Å². The van der Waals surface area contributed by atoms with Crippen LogP contribution in [0.25, 0.3) is 10.1 Å². The molecule has 18 heavy (non-hydrogen) atoms. The van der Waals surface area contributed by atoms with Crippen molar-refractivity contribution in [1.82, 2.24) is 5.32 Å². The first-order chi connectivity index (χ1) is 8.03. The maximum Gasteiger partial charge on any atom is 0.253 e. The van der Waals surface area contributed by atoms with Crippen LogP contribution < -0.4 is 11.1 Å². The monoisotopic (exact) mass is 284 g/mol. The second-order valence-electron chi connectivity index (χ2n) is 4.69. The number of fused-ring (bicyclic) bond motifs is 1. The highest BCUT2D eigenvalue weighted by Crippen LogP contribution is 2.25. The van der Waals surface area contributed by atoms with Crippen molar-refractivity contribution in [1.29, 1.82) is 0 Å². The van der Waals surface area contributed by atoms with Gasteiger partial charge in [0, 0.05) is 27.5 Å². The van der Waals surface area contributed by atoms with Crippen LogP contribution in [0.5, 0.6) is 0 Å². The number of carbonyl (C=O) groups excluding carboxylic acids is 1. The number of nitrogens with one attached hydrogen (secondary N) is 1. The molecule has 2 aromatic rings. The molecule has 1 amide bonds. The maximum absolute atomic E-state index is 12.1. The Hall–Kier alpha value is -1.10. The molecule has 1 aromatic carbocycles. The second-order valence-corrected chi connectivity index (χ2v) is 5.60. The van der Waals surface area contributed by atoms with E-state index >= 15 is 0 Å². The van der Waals surface area contributed by atoms with Gasteiger partial charge in [0.15, 0.2) is 0 Å². The molecule has 1 heterocycles. The predicted molar refractivity (Wildman–Crippen MR) is 79.7 cm³/mol. The lowest BCUT2D eigenvalue weighted by molar-refractivity contribution is 0.0918. The molecule has 0 spiro atoms. The standard InChI is InChI=1S/C13H16N2OS.ClH/c1-13(2,8-14)15-12(16)10-7-17-11-6-4-3-5-9(10)11;/h3-7H,8,14H2,1-2H3,(H,15,16);1H. The van der Waals surface area contributed by atoms with E-state index in [-0.39, 0.29) is 23.9 Å². The molecule has 0 aliphatic rings. The Bertz CT molecular complexity index is 551. The second kappa shape index (κ2) is 5.69. The van der Waals surface area contributed by atoms with Crippen LogP contribution in [0.15, 0.2) is 29.6 Å². The first-order valence-corrected chi connectivity index (χ1v) is 6.40. The fourth-order valence-corrected chi connectivity index (χ4v) is 2.52. The van der Waals surface area contributed by atoms with Gasteiger partial charge in [0.05, 0.1) is 5.56 Å². The quantitative estimate of drug-likeness (QED) is 0.911. The lowest BCUT2D eigenvalue weighted by Gasteiger charge is -2.23. The van der Waals surface area contributed by atoms with Crippen LogP contribution in [-0.4, -0.2) is 18.0 Å². The Labute approximate surface area is 117 Å². The molecular formula is C13H17ClN2OS. The summed E-state index contributed by atoms with van der Waals surface area (Å²) in [5.41, 5.74) is 5.96. The molecule has 0 unspecified atom stereocenters. The Morgan fingerprint density at radius 1 is 1.39 bits per heavy atom. The minimum Gasteiger partial charge on any atom is -0.346 e. The van der Waals surface area contributed by atoms with Gasteiger partial charge in [-0.05, 0) is 19.9 Å². The molecule has 0 bridgehead atoms. The highest BCUT2D eigenvalue weighted by Gasteiger charge is 2.20. The van der Waals surface area contributed by atoms with Gasteiger partial charge in [-0.15, -0.1) is 23.7 Å². The van der Waals surface area contributed by atoms with Gasteiger partial charge < -0.3 is 11.1 Å². The van der Waals surface area contributed by atoms with Gasteiger partial charge in [-0.1, -0.05) is 18.2 Å². The van der Waals surface area contributed by atoms with Crippen molar-refractivity contribution in [2.45, 2.75) is 19.4 Å². The number of carbonyl (C=O) groups is 1. The molecular weight excluding hydrogens is 268 g/mol. The Kier molecular flexibility index (Phi) is 4.73. The van der Waals surface area contributed by atoms with Crippen LogP contribution in [0.1, 0.15) is 24.2 Å². The molecule has 0 radical (unpaired) electrons. The Balaban J connectivity index is 0.00000162. The minimum absolute atomic E-state index is 0. The molecule has 2 rings (SSSR count). The number of hydrogen-bond acceptors (Lipinski definition) is 3.